The highest BCUT2D eigenvalue weighted by atomic mass is 28.4. The van der Waals surface area contributed by atoms with Gasteiger partial charge in [-0.25, -0.2) is 9.59 Å². The number of carbonyl (C=O) groups is 2. The maximum Gasteiger partial charge on any atom is 0.330 e. The van der Waals surface area contributed by atoms with Crippen LogP contribution in [0.4, 0.5) is 0 Å². The summed E-state index contributed by atoms with van der Waals surface area (Å²) in [5.74, 6) is -0.922. The molecule has 0 fully saturated rings. The molecule has 0 aromatic carbocycles. The van der Waals surface area contributed by atoms with E-state index < -0.39 is 28.6 Å². The van der Waals surface area contributed by atoms with Crippen molar-refractivity contribution in [2.24, 2.45) is 0 Å². The molecule has 5 nitrogen and oxygen atoms in total. The maximum absolute atomic E-state index is 11.3. The highest BCUT2D eigenvalue weighted by molar-refractivity contribution is 6.86. The van der Waals surface area contributed by atoms with Crippen molar-refractivity contribution in [1.82, 2.24) is 0 Å². The Morgan fingerprint density at radius 2 is 1.14 bits per heavy atom. The summed E-state index contributed by atoms with van der Waals surface area (Å²) in [6.45, 7) is 18.3. The van der Waals surface area contributed by atoms with Crippen LogP contribution in [-0.4, -0.2) is 40.0 Å². The lowest BCUT2D eigenvalue weighted by Crippen LogP contribution is -2.57. The van der Waals surface area contributed by atoms with Crippen LogP contribution in [0.25, 0.3) is 0 Å². The normalized spacial score (nSPS) is 14.8. The van der Waals surface area contributed by atoms with Crippen LogP contribution in [-0.2, 0) is 23.2 Å². The van der Waals surface area contributed by atoms with Crippen molar-refractivity contribution >= 4 is 28.6 Å². The van der Waals surface area contributed by atoms with Gasteiger partial charge in [0, 0.05) is 12.2 Å². The maximum atomic E-state index is 11.3. The molecule has 0 aliphatic rings. The Labute approximate surface area is 129 Å². The van der Waals surface area contributed by atoms with Crippen LogP contribution in [0, 0.1) is 0 Å². The summed E-state index contributed by atoms with van der Waals surface area (Å²) in [4.78, 5) is 22.6. The molecule has 0 saturated heterocycles. The molecule has 7 heteroatoms. The molecular weight excluding hydrogens is 304 g/mol. The number of rotatable bonds is 8. The molecule has 21 heavy (non-hydrogen) atoms. The Hall–Kier alpha value is -1.19. The number of carbonyl (C=O) groups excluding carboxylic acids is 2. The van der Waals surface area contributed by atoms with Gasteiger partial charge in [-0.15, -0.1) is 0 Å². The topological polar surface area (TPSA) is 61.8 Å². The largest absolute Gasteiger partial charge is 0.460 e. The minimum atomic E-state index is -2.29. The van der Waals surface area contributed by atoms with Crippen molar-refractivity contribution < 1.29 is 23.2 Å². The Balaban J connectivity index is 4.87. The summed E-state index contributed by atoms with van der Waals surface area (Å²) in [6.07, 6.45) is 2.27. The fraction of sp³-hybridized carbons (Fsp3) is 0.571. The van der Waals surface area contributed by atoms with Gasteiger partial charge in [0.25, 0.3) is 0 Å². The molecule has 2 atom stereocenters. The molecule has 0 amide bonds. The van der Waals surface area contributed by atoms with E-state index >= 15 is 0 Å². The highest BCUT2D eigenvalue weighted by Gasteiger charge is 2.43. The molecule has 0 heterocycles. The van der Waals surface area contributed by atoms with Crippen LogP contribution in [0.1, 0.15) is 13.8 Å². The van der Waals surface area contributed by atoms with E-state index in [9.17, 15) is 9.59 Å². The smallest absolute Gasteiger partial charge is 0.330 e. The van der Waals surface area contributed by atoms with E-state index in [1.807, 2.05) is 40.0 Å². The van der Waals surface area contributed by atoms with Crippen LogP contribution in [0.2, 0.25) is 26.2 Å². The Kier molecular flexibility index (Phi) is 7.28. The van der Waals surface area contributed by atoms with Crippen LogP contribution >= 0.6 is 0 Å². The molecule has 0 radical (unpaired) electrons. The zero-order chi connectivity index (χ0) is 16.8. The minimum absolute atomic E-state index is 0.322. The summed E-state index contributed by atoms with van der Waals surface area (Å²) in [6, 6.07) is 0. The average molecular weight is 331 g/mol. The van der Waals surface area contributed by atoms with Gasteiger partial charge in [-0.2, -0.15) is 0 Å². The van der Waals surface area contributed by atoms with Gasteiger partial charge in [-0.05, 0) is 40.0 Å². The first-order valence-electron chi connectivity index (χ1n) is 6.82. The molecular formula is C14H26O5Si2. The van der Waals surface area contributed by atoms with E-state index in [1.54, 1.807) is 0 Å². The summed E-state index contributed by atoms with van der Waals surface area (Å²) in [5.41, 5.74) is -0.644. The molecule has 0 aliphatic heterocycles. The first-order chi connectivity index (χ1) is 9.46. The summed E-state index contributed by atoms with van der Waals surface area (Å²) >= 11 is 0. The van der Waals surface area contributed by atoms with E-state index in [1.165, 1.54) is 0 Å². The molecule has 0 aromatic heterocycles. The second kappa shape index (κ2) is 7.72. The molecule has 0 rings (SSSR count). The number of esters is 2. The molecule has 2 unspecified atom stereocenters. The Bertz CT molecular complexity index is 380. The zero-order valence-corrected chi connectivity index (χ0v) is 15.8. The number of ether oxygens (including phenoxy) is 2. The van der Waals surface area contributed by atoms with Crippen molar-refractivity contribution in [3.05, 3.63) is 25.3 Å². The molecule has 0 bridgehead atoms. The van der Waals surface area contributed by atoms with Crippen molar-refractivity contribution in [3.63, 3.8) is 0 Å². The quantitative estimate of drug-likeness (QED) is 0.389. The first kappa shape index (κ1) is 19.8. The third-order valence-corrected chi connectivity index (χ3v) is 11.8. The van der Waals surface area contributed by atoms with Crippen molar-refractivity contribution in [2.45, 2.75) is 51.5 Å². The summed E-state index contributed by atoms with van der Waals surface area (Å²) < 4.78 is 16.8. The third-order valence-electron chi connectivity index (χ3n) is 3.40. The van der Waals surface area contributed by atoms with Crippen molar-refractivity contribution in [1.29, 1.82) is 0 Å². The lowest BCUT2D eigenvalue weighted by atomic mass is 10.6. The second-order valence-electron chi connectivity index (χ2n) is 5.88. The van der Waals surface area contributed by atoms with Gasteiger partial charge in [0.1, 0.15) is 11.5 Å². The molecule has 0 saturated carbocycles. The van der Waals surface area contributed by atoms with Gasteiger partial charge in [-0.1, -0.05) is 13.2 Å². The van der Waals surface area contributed by atoms with E-state index in [2.05, 4.69) is 13.2 Å². The van der Waals surface area contributed by atoms with Crippen LogP contribution in [0.5, 0.6) is 0 Å². The Morgan fingerprint density at radius 1 is 0.857 bits per heavy atom. The van der Waals surface area contributed by atoms with E-state index in [0.29, 0.717) is 0 Å². The van der Waals surface area contributed by atoms with Crippen molar-refractivity contribution in [2.75, 3.05) is 0 Å². The van der Waals surface area contributed by atoms with Crippen molar-refractivity contribution in [3.8, 4) is 0 Å². The highest BCUT2D eigenvalue weighted by Crippen LogP contribution is 2.23. The standard InChI is InChI=1S/C14H26O5Si2/c1-9-13(15)17-11(3)20(5,6)19-21(7,8)12(4)18-14(16)10-2/h9-12H,1-2H2,3-8H3. The van der Waals surface area contributed by atoms with Crippen LogP contribution in [0.15, 0.2) is 25.3 Å². The van der Waals surface area contributed by atoms with E-state index in [4.69, 9.17) is 13.6 Å². The fourth-order valence-corrected chi connectivity index (χ4v) is 9.12. The van der Waals surface area contributed by atoms with Gasteiger partial charge in [0.2, 0.25) is 16.6 Å². The number of hydrogen-bond donors (Lipinski definition) is 0. The van der Waals surface area contributed by atoms with Crippen LogP contribution in [0.3, 0.4) is 0 Å². The predicted molar refractivity (Wildman–Crippen MR) is 87.6 cm³/mol. The third kappa shape index (κ3) is 6.41. The van der Waals surface area contributed by atoms with Gasteiger partial charge in [0.15, 0.2) is 0 Å². The lowest BCUT2D eigenvalue weighted by Gasteiger charge is -2.39. The molecule has 0 spiro atoms. The number of hydrogen-bond acceptors (Lipinski definition) is 5. The summed E-state index contributed by atoms with van der Waals surface area (Å²) in [7, 11) is -4.58. The molecule has 0 N–H and O–H groups in total. The SMILES string of the molecule is C=CC(=O)OC(C)[Si](C)(C)O[Si](C)(C)C(C)OC(=O)C=C. The second-order valence-corrected chi connectivity index (χ2v) is 14.7. The Morgan fingerprint density at radius 3 is 1.38 bits per heavy atom. The van der Waals surface area contributed by atoms with Gasteiger partial charge >= 0.3 is 11.9 Å². The van der Waals surface area contributed by atoms with E-state index in [0.717, 1.165) is 12.2 Å². The molecule has 120 valence electrons. The van der Waals surface area contributed by atoms with Gasteiger partial charge in [0.05, 0.1) is 0 Å². The van der Waals surface area contributed by atoms with E-state index in [-0.39, 0.29) is 11.5 Å². The predicted octanol–water partition coefficient (Wildman–Crippen LogP) is 2.73. The zero-order valence-electron chi connectivity index (χ0n) is 13.8. The summed E-state index contributed by atoms with van der Waals surface area (Å²) in [5, 5.41) is 0. The van der Waals surface area contributed by atoms with Gasteiger partial charge < -0.3 is 13.6 Å². The molecule has 0 aromatic rings. The fourth-order valence-electron chi connectivity index (χ4n) is 1.57. The monoisotopic (exact) mass is 330 g/mol. The lowest BCUT2D eigenvalue weighted by molar-refractivity contribution is -0.140. The van der Waals surface area contributed by atoms with Gasteiger partial charge in [-0.3, -0.25) is 0 Å². The van der Waals surface area contributed by atoms with Crippen LogP contribution < -0.4 is 0 Å². The minimum Gasteiger partial charge on any atom is -0.460 e. The average Bonchev–Trinajstić information content (AvgIpc) is 2.36. The first-order valence-corrected chi connectivity index (χ1v) is 12.8. The molecule has 0 aliphatic carbocycles.